The van der Waals surface area contributed by atoms with Crippen molar-refractivity contribution in [3.05, 3.63) is 47.5 Å². The zero-order chi connectivity index (χ0) is 15.9. The molecule has 0 saturated carbocycles. The van der Waals surface area contributed by atoms with Gasteiger partial charge < -0.3 is 15.1 Å². The van der Waals surface area contributed by atoms with E-state index in [1.807, 2.05) is 31.2 Å². The van der Waals surface area contributed by atoms with Gasteiger partial charge in [0, 0.05) is 24.5 Å². The fourth-order valence-corrected chi connectivity index (χ4v) is 2.37. The summed E-state index contributed by atoms with van der Waals surface area (Å²) in [5.74, 6) is 0. The summed E-state index contributed by atoms with van der Waals surface area (Å²) >= 11 is 5.88. The van der Waals surface area contributed by atoms with Crippen LogP contribution in [-0.4, -0.2) is 42.4 Å². The summed E-state index contributed by atoms with van der Waals surface area (Å²) in [6, 6.07) is 7.36. The Morgan fingerprint density at radius 2 is 2.27 bits per heavy atom. The van der Waals surface area contributed by atoms with E-state index < -0.39 is 0 Å². The van der Waals surface area contributed by atoms with Gasteiger partial charge in [-0.05, 0) is 24.6 Å². The lowest BCUT2D eigenvalue weighted by atomic mass is 10.0. The van der Waals surface area contributed by atoms with Gasteiger partial charge >= 0.3 is 6.03 Å². The predicted molar refractivity (Wildman–Crippen MR) is 88.3 cm³/mol. The fourth-order valence-electron chi connectivity index (χ4n) is 2.24. The number of amides is 2. The minimum absolute atomic E-state index is 0.119. The molecule has 0 unspecified atom stereocenters. The Morgan fingerprint density at radius 1 is 1.55 bits per heavy atom. The molecule has 0 bridgehead atoms. The van der Waals surface area contributed by atoms with Gasteiger partial charge in [0.2, 0.25) is 0 Å². The van der Waals surface area contributed by atoms with Crippen LogP contribution in [0.5, 0.6) is 0 Å². The summed E-state index contributed by atoms with van der Waals surface area (Å²) in [5.41, 5.74) is 1.86. The van der Waals surface area contributed by atoms with Gasteiger partial charge in [-0.2, -0.15) is 0 Å². The highest BCUT2D eigenvalue weighted by Gasteiger charge is 2.26. The average Bonchev–Trinajstić information content (AvgIpc) is 2.96. The maximum absolute atomic E-state index is 12.0. The Hall–Kier alpha value is -2.01. The third kappa shape index (κ3) is 4.24. The number of hydrogen-bond donors (Lipinski definition) is 1. The van der Waals surface area contributed by atoms with E-state index in [9.17, 15) is 4.79 Å². The molecule has 1 atom stereocenters. The first-order valence-electron chi connectivity index (χ1n) is 7.26. The van der Waals surface area contributed by atoms with E-state index in [1.165, 1.54) is 0 Å². The minimum Gasteiger partial charge on any atom is -0.390 e. The summed E-state index contributed by atoms with van der Waals surface area (Å²) < 4.78 is 0. The summed E-state index contributed by atoms with van der Waals surface area (Å²) in [6.45, 7) is 7.10. The van der Waals surface area contributed by atoms with E-state index in [2.05, 4.69) is 17.1 Å². The number of carbonyl (C=O) groups excluding carboxylic acids is 1. The highest BCUT2D eigenvalue weighted by Crippen LogP contribution is 2.19. The van der Waals surface area contributed by atoms with Crippen molar-refractivity contribution in [2.24, 2.45) is 5.16 Å². The number of halogens is 1. The molecule has 0 spiro atoms. The van der Waals surface area contributed by atoms with Crippen molar-refractivity contribution < 1.29 is 9.63 Å². The summed E-state index contributed by atoms with van der Waals surface area (Å²) in [7, 11) is 0. The number of carbonyl (C=O) groups is 1. The Balaban J connectivity index is 1.94. The molecule has 1 N–H and O–H groups in total. The van der Waals surface area contributed by atoms with Crippen LogP contribution in [0.15, 0.2) is 42.1 Å². The molecule has 6 heteroatoms. The number of nitrogens with zero attached hydrogens (tertiary/aromatic N) is 2. The molecule has 1 aliphatic heterocycles. The second-order valence-corrected chi connectivity index (χ2v) is 5.44. The van der Waals surface area contributed by atoms with Crippen molar-refractivity contribution in [1.29, 1.82) is 0 Å². The van der Waals surface area contributed by atoms with Gasteiger partial charge in [0.05, 0.1) is 12.3 Å². The zero-order valence-corrected chi connectivity index (χ0v) is 13.3. The second kappa shape index (κ2) is 7.84. The van der Waals surface area contributed by atoms with Gasteiger partial charge in [-0.1, -0.05) is 35.0 Å². The van der Waals surface area contributed by atoms with Crippen LogP contribution in [0.3, 0.4) is 0 Å². The van der Waals surface area contributed by atoms with E-state index in [1.54, 1.807) is 11.0 Å². The second-order valence-electron chi connectivity index (χ2n) is 5.01. The molecule has 0 saturated heterocycles. The van der Waals surface area contributed by atoms with Gasteiger partial charge in [0.25, 0.3) is 0 Å². The number of urea groups is 1. The summed E-state index contributed by atoms with van der Waals surface area (Å²) in [4.78, 5) is 19.1. The number of oxime groups is 1. The maximum Gasteiger partial charge on any atom is 0.317 e. The standard InChI is InChI=1S/C16H20ClN3O2/c1-3-9-20(16(21)18-4-2)11-14-10-15(19-22-14)12-5-7-13(17)8-6-12/h3,5-8,14H,1,4,9-11H2,2H3,(H,18,21)/t14-/m0/s1. The average molecular weight is 322 g/mol. The summed E-state index contributed by atoms with van der Waals surface area (Å²) in [6.07, 6.45) is 2.22. The molecule has 1 aromatic carbocycles. The van der Waals surface area contributed by atoms with E-state index in [-0.39, 0.29) is 12.1 Å². The third-order valence-electron chi connectivity index (χ3n) is 3.30. The maximum atomic E-state index is 12.0. The highest BCUT2D eigenvalue weighted by atomic mass is 35.5. The van der Waals surface area contributed by atoms with Crippen LogP contribution in [0.1, 0.15) is 18.9 Å². The van der Waals surface area contributed by atoms with Crippen LogP contribution < -0.4 is 5.32 Å². The van der Waals surface area contributed by atoms with Crippen LogP contribution in [0, 0.1) is 0 Å². The molecule has 0 radical (unpaired) electrons. The normalized spacial score (nSPS) is 16.6. The molecule has 1 heterocycles. The SMILES string of the molecule is C=CCN(C[C@@H]1CC(c2ccc(Cl)cc2)=NO1)C(=O)NCC. The number of hydrogen-bond acceptors (Lipinski definition) is 3. The van der Waals surface area contributed by atoms with Crippen molar-refractivity contribution in [1.82, 2.24) is 10.2 Å². The smallest absolute Gasteiger partial charge is 0.317 e. The molecule has 5 nitrogen and oxygen atoms in total. The van der Waals surface area contributed by atoms with Crippen LogP contribution in [-0.2, 0) is 4.84 Å². The molecule has 0 aromatic heterocycles. The van der Waals surface area contributed by atoms with E-state index in [4.69, 9.17) is 16.4 Å². The Labute approximate surface area is 135 Å². The Kier molecular flexibility index (Phi) is 5.83. The van der Waals surface area contributed by atoms with Crippen molar-refractivity contribution in [2.45, 2.75) is 19.4 Å². The van der Waals surface area contributed by atoms with Crippen LogP contribution in [0.2, 0.25) is 5.02 Å². The van der Waals surface area contributed by atoms with Crippen molar-refractivity contribution >= 4 is 23.3 Å². The van der Waals surface area contributed by atoms with Gasteiger partial charge in [-0.25, -0.2) is 4.79 Å². The highest BCUT2D eigenvalue weighted by molar-refractivity contribution is 6.30. The molecule has 118 valence electrons. The van der Waals surface area contributed by atoms with Crippen molar-refractivity contribution in [3.63, 3.8) is 0 Å². The monoisotopic (exact) mass is 321 g/mol. The molecular weight excluding hydrogens is 302 g/mol. The summed E-state index contributed by atoms with van der Waals surface area (Å²) in [5, 5.41) is 7.60. The van der Waals surface area contributed by atoms with E-state index in [0.29, 0.717) is 31.1 Å². The van der Waals surface area contributed by atoms with Crippen LogP contribution in [0.4, 0.5) is 4.79 Å². The van der Waals surface area contributed by atoms with E-state index in [0.717, 1.165) is 11.3 Å². The Bertz CT molecular complexity index is 557. The predicted octanol–water partition coefficient (Wildman–Crippen LogP) is 3.05. The topological polar surface area (TPSA) is 53.9 Å². The van der Waals surface area contributed by atoms with Gasteiger partial charge in [-0.3, -0.25) is 0 Å². The lowest BCUT2D eigenvalue weighted by molar-refractivity contribution is 0.0630. The largest absolute Gasteiger partial charge is 0.390 e. The molecule has 0 aliphatic carbocycles. The van der Waals surface area contributed by atoms with Gasteiger partial charge in [0.1, 0.15) is 0 Å². The molecule has 0 fully saturated rings. The molecule has 1 aliphatic rings. The fraction of sp³-hybridized carbons (Fsp3) is 0.375. The first-order chi connectivity index (χ1) is 10.6. The van der Waals surface area contributed by atoms with Crippen LogP contribution in [0.25, 0.3) is 0 Å². The number of benzene rings is 1. The first kappa shape index (κ1) is 16.4. The molecular formula is C16H20ClN3O2. The molecule has 22 heavy (non-hydrogen) atoms. The lowest BCUT2D eigenvalue weighted by Gasteiger charge is -2.23. The zero-order valence-electron chi connectivity index (χ0n) is 12.6. The number of rotatable bonds is 6. The molecule has 1 aromatic rings. The van der Waals surface area contributed by atoms with E-state index >= 15 is 0 Å². The first-order valence-corrected chi connectivity index (χ1v) is 7.64. The quantitative estimate of drug-likeness (QED) is 0.819. The lowest BCUT2D eigenvalue weighted by Crippen LogP contribution is -2.43. The Morgan fingerprint density at radius 3 is 2.91 bits per heavy atom. The third-order valence-corrected chi connectivity index (χ3v) is 3.55. The van der Waals surface area contributed by atoms with Gasteiger partial charge in [0.15, 0.2) is 6.10 Å². The van der Waals surface area contributed by atoms with Gasteiger partial charge in [-0.15, -0.1) is 6.58 Å². The molecule has 2 amide bonds. The minimum atomic E-state index is -0.145. The van der Waals surface area contributed by atoms with Crippen LogP contribution >= 0.6 is 11.6 Å². The van der Waals surface area contributed by atoms with Crippen molar-refractivity contribution in [2.75, 3.05) is 19.6 Å². The van der Waals surface area contributed by atoms with Crippen molar-refractivity contribution in [3.8, 4) is 0 Å². The number of nitrogens with one attached hydrogen (secondary N) is 1. The molecule has 2 rings (SSSR count).